The number of amides is 1. The molecule has 0 saturated heterocycles. The van der Waals surface area contributed by atoms with Crippen molar-refractivity contribution in [3.8, 4) is 11.5 Å². The third kappa shape index (κ3) is 4.43. The Morgan fingerprint density at radius 3 is 2.50 bits per heavy atom. The van der Waals surface area contributed by atoms with Crippen LogP contribution < -0.4 is 15.7 Å². The van der Waals surface area contributed by atoms with E-state index in [1.807, 2.05) is 0 Å². The van der Waals surface area contributed by atoms with Crippen LogP contribution in [0.3, 0.4) is 0 Å². The van der Waals surface area contributed by atoms with E-state index >= 15 is 0 Å². The maximum atomic E-state index is 12.2. The summed E-state index contributed by atoms with van der Waals surface area (Å²) in [6.07, 6.45) is -5.09. The van der Waals surface area contributed by atoms with Gasteiger partial charge in [0.2, 0.25) is 5.91 Å². The maximum Gasteiger partial charge on any atom is 0.573 e. The molecule has 146 valence electrons. The topological polar surface area (TPSA) is 88.8 Å². The van der Waals surface area contributed by atoms with Crippen molar-refractivity contribution in [2.45, 2.75) is 19.7 Å². The van der Waals surface area contributed by atoms with Gasteiger partial charge in [0.05, 0.1) is 12.0 Å². The number of halogens is 3. The molecule has 0 fully saturated rings. The average molecular weight is 393 g/mol. The Morgan fingerprint density at radius 2 is 1.86 bits per heavy atom. The summed E-state index contributed by atoms with van der Waals surface area (Å²) in [4.78, 5) is 24.4. The molecule has 1 amide bonds. The predicted molar refractivity (Wildman–Crippen MR) is 94.3 cm³/mol. The first-order valence-corrected chi connectivity index (χ1v) is 8.03. The molecule has 6 nitrogen and oxygen atoms in total. The minimum atomic E-state index is -4.80. The predicted octanol–water partition coefficient (Wildman–Crippen LogP) is 3.89. The molecule has 2 N–H and O–H groups in total. The molecule has 3 rings (SSSR count). The molecule has 28 heavy (non-hydrogen) atoms. The summed E-state index contributed by atoms with van der Waals surface area (Å²) >= 11 is 0. The fourth-order valence-corrected chi connectivity index (χ4v) is 2.69. The lowest BCUT2D eigenvalue weighted by Gasteiger charge is -2.11. The first-order chi connectivity index (χ1) is 13.1. The number of aryl methyl sites for hydroxylation is 1. The van der Waals surface area contributed by atoms with E-state index in [-0.39, 0.29) is 29.0 Å². The molecule has 0 radical (unpaired) electrons. The number of hydrogen-bond donors (Lipinski definition) is 2. The van der Waals surface area contributed by atoms with Gasteiger partial charge in [0, 0.05) is 17.1 Å². The minimum absolute atomic E-state index is 0.0570. The van der Waals surface area contributed by atoms with E-state index in [2.05, 4.69) is 10.1 Å². The zero-order valence-corrected chi connectivity index (χ0v) is 14.5. The second kappa shape index (κ2) is 7.26. The van der Waals surface area contributed by atoms with Crippen molar-refractivity contribution in [1.29, 1.82) is 0 Å². The van der Waals surface area contributed by atoms with Crippen LogP contribution in [0.5, 0.6) is 11.5 Å². The summed E-state index contributed by atoms with van der Waals surface area (Å²) in [5, 5.41) is 12.5. The standard InChI is InChI=1S/C19H14F3NO5/c1-10-14-7-4-12(24)8-16(14)27-18(26)15(10)9-17(25)23-11-2-5-13(6-3-11)28-19(20,21)22/h2-8,24H,9H2,1H3,(H,23,25). The summed E-state index contributed by atoms with van der Waals surface area (Å²) in [5.41, 5.74) is 0.418. The number of carbonyl (C=O) groups excluding carboxylic acids is 1. The molecular weight excluding hydrogens is 379 g/mol. The highest BCUT2D eigenvalue weighted by Gasteiger charge is 2.31. The number of nitrogens with one attached hydrogen (secondary N) is 1. The van der Waals surface area contributed by atoms with Crippen molar-refractivity contribution in [1.82, 2.24) is 0 Å². The second-order valence-corrected chi connectivity index (χ2v) is 5.97. The van der Waals surface area contributed by atoms with E-state index in [1.165, 1.54) is 24.3 Å². The molecule has 1 aromatic heterocycles. The first kappa shape index (κ1) is 19.3. The van der Waals surface area contributed by atoms with E-state index in [4.69, 9.17) is 4.42 Å². The lowest BCUT2D eigenvalue weighted by molar-refractivity contribution is -0.274. The second-order valence-electron chi connectivity index (χ2n) is 5.97. The van der Waals surface area contributed by atoms with Crippen molar-refractivity contribution in [2.75, 3.05) is 5.32 Å². The summed E-state index contributed by atoms with van der Waals surface area (Å²) in [7, 11) is 0. The summed E-state index contributed by atoms with van der Waals surface area (Å²) in [5.74, 6) is -1.02. The molecule has 0 atom stereocenters. The molecule has 0 aliphatic heterocycles. The van der Waals surface area contributed by atoms with Crippen LogP contribution >= 0.6 is 0 Å². The number of fused-ring (bicyclic) bond motifs is 1. The van der Waals surface area contributed by atoms with Gasteiger partial charge in [-0.1, -0.05) is 0 Å². The molecule has 0 aliphatic rings. The molecule has 1 heterocycles. The number of phenolic OH excluding ortho intramolecular Hbond substituents is 1. The zero-order valence-electron chi connectivity index (χ0n) is 14.5. The van der Waals surface area contributed by atoms with Gasteiger partial charge in [-0.05, 0) is 48.9 Å². The van der Waals surface area contributed by atoms with Gasteiger partial charge in [-0.2, -0.15) is 0 Å². The van der Waals surface area contributed by atoms with E-state index < -0.39 is 23.6 Å². The summed E-state index contributed by atoms with van der Waals surface area (Å²) in [6.45, 7) is 1.65. The van der Waals surface area contributed by atoms with Gasteiger partial charge in [0.1, 0.15) is 17.1 Å². The number of aromatic hydroxyl groups is 1. The highest BCUT2D eigenvalue weighted by molar-refractivity contribution is 5.93. The van der Waals surface area contributed by atoms with Gasteiger partial charge in [-0.15, -0.1) is 13.2 Å². The SMILES string of the molecule is Cc1c(CC(=O)Nc2ccc(OC(F)(F)F)cc2)c(=O)oc2cc(O)ccc12. The monoisotopic (exact) mass is 393 g/mol. The van der Waals surface area contributed by atoms with Crippen molar-refractivity contribution >= 4 is 22.6 Å². The highest BCUT2D eigenvalue weighted by atomic mass is 19.4. The Balaban J connectivity index is 1.76. The smallest absolute Gasteiger partial charge is 0.508 e. The lowest BCUT2D eigenvalue weighted by Crippen LogP contribution is -2.20. The molecule has 0 aliphatic carbocycles. The lowest BCUT2D eigenvalue weighted by atomic mass is 10.0. The van der Waals surface area contributed by atoms with Crippen LogP contribution in [0.1, 0.15) is 11.1 Å². The van der Waals surface area contributed by atoms with Gasteiger partial charge in [-0.25, -0.2) is 4.79 Å². The molecule has 0 spiro atoms. The van der Waals surface area contributed by atoms with Crippen LogP contribution in [0.2, 0.25) is 0 Å². The average Bonchev–Trinajstić information content (AvgIpc) is 2.59. The Labute approximate surface area is 156 Å². The number of phenols is 1. The quantitative estimate of drug-likeness (QED) is 0.657. The summed E-state index contributed by atoms with van der Waals surface area (Å²) < 4.78 is 45.4. The van der Waals surface area contributed by atoms with Crippen LogP contribution in [0.4, 0.5) is 18.9 Å². The van der Waals surface area contributed by atoms with Crippen LogP contribution in [-0.4, -0.2) is 17.4 Å². The number of hydrogen-bond acceptors (Lipinski definition) is 5. The third-order valence-electron chi connectivity index (χ3n) is 3.98. The Morgan fingerprint density at radius 1 is 1.18 bits per heavy atom. The molecule has 2 aromatic carbocycles. The van der Waals surface area contributed by atoms with Crippen molar-refractivity contribution in [3.05, 3.63) is 64.0 Å². The molecule has 0 unspecified atom stereocenters. The van der Waals surface area contributed by atoms with Crippen molar-refractivity contribution in [3.63, 3.8) is 0 Å². The minimum Gasteiger partial charge on any atom is -0.508 e. The molecule has 0 saturated carbocycles. The molecule has 0 bridgehead atoms. The largest absolute Gasteiger partial charge is 0.573 e. The van der Waals surface area contributed by atoms with Gasteiger partial charge >= 0.3 is 12.0 Å². The number of alkyl halides is 3. The Hall–Kier alpha value is -3.49. The molecule has 9 heteroatoms. The Bertz CT molecular complexity index is 1090. The van der Waals surface area contributed by atoms with Gasteiger partial charge < -0.3 is 19.6 Å². The van der Waals surface area contributed by atoms with Gasteiger partial charge in [-0.3, -0.25) is 4.79 Å². The normalized spacial score (nSPS) is 11.4. The van der Waals surface area contributed by atoms with Crippen LogP contribution in [0, 0.1) is 6.92 Å². The first-order valence-electron chi connectivity index (χ1n) is 8.03. The van der Waals surface area contributed by atoms with Crippen molar-refractivity contribution < 1.29 is 32.2 Å². The zero-order chi connectivity index (χ0) is 20.5. The van der Waals surface area contributed by atoms with Gasteiger partial charge in [0.15, 0.2) is 0 Å². The maximum absolute atomic E-state index is 12.2. The Kier molecular flexibility index (Phi) is 5.00. The van der Waals surface area contributed by atoms with E-state index in [0.717, 1.165) is 12.1 Å². The van der Waals surface area contributed by atoms with E-state index in [0.29, 0.717) is 10.9 Å². The molecule has 3 aromatic rings. The number of rotatable bonds is 4. The van der Waals surface area contributed by atoms with Crippen LogP contribution in [0.15, 0.2) is 51.7 Å². The highest BCUT2D eigenvalue weighted by Crippen LogP contribution is 2.25. The third-order valence-corrected chi connectivity index (χ3v) is 3.98. The van der Waals surface area contributed by atoms with E-state index in [1.54, 1.807) is 13.0 Å². The number of benzene rings is 2. The van der Waals surface area contributed by atoms with Gasteiger partial charge in [0.25, 0.3) is 0 Å². The number of anilines is 1. The fraction of sp³-hybridized carbons (Fsp3) is 0.158. The van der Waals surface area contributed by atoms with Crippen molar-refractivity contribution in [2.24, 2.45) is 0 Å². The molecular formula is C19H14F3NO5. The fourth-order valence-electron chi connectivity index (χ4n) is 2.69. The summed E-state index contributed by atoms with van der Waals surface area (Å²) in [6, 6.07) is 8.93. The number of carbonyl (C=O) groups is 1. The number of ether oxygens (including phenoxy) is 1. The van der Waals surface area contributed by atoms with Crippen LogP contribution in [-0.2, 0) is 11.2 Å². The van der Waals surface area contributed by atoms with E-state index in [9.17, 15) is 27.9 Å². The van der Waals surface area contributed by atoms with Crippen LogP contribution in [0.25, 0.3) is 11.0 Å².